The largest absolute Gasteiger partial charge is 0.481 e. The predicted molar refractivity (Wildman–Crippen MR) is 198 cm³/mol. The van der Waals surface area contributed by atoms with Gasteiger partial charge in [0.15, 0.2) is 5.58 Å². The van der Waals surface area contributed by atoms with E-state index in [-0.39, 0.29) is 24.0 Å². The first kappa shape index (κ1) is 33.6. The number of fused-ring (bicyclic) bond motifs is 3. The molecule has 1 unspecified atom stereocenters. The van der Waals surface area contributed by atoms with Crippen molar-refractivity contribution in [2.45, 2.75) is 76.5 Å². The lowest BCUT2D eigenvalue weighted by molar-refractivity contribution is -0.146. The Morgan fingerprint density at radius 3 is 2.57 bits per heavy atom. The average Bonchev–Trinajstić information content (AvgIpc) is 3.94. The topological polar surface area (TPSA) is 142 Å². The number of aliphatic carboxylic acids is 1. The van der Waals surface area contributed by atoms with Crippen LogP contribution in [0.5, 0.6) is 11.8 Å². The summed E-state index contributed by atoms with van der Waals surface area (Å²) in [6, 6.07) is 21.0. The predicted octanol–water partition coefficient (Wildman–Crippen LogP) is 7.52. The number of aliphatic hydroxyl groups excluding tert-OH is 1. The molecule has 3 aliphatic carbocycles. The number of nitriles is 1. The maximum Gasteiger partial charge on any atom is 0.306 e. The molecule has 10 nitrogen and oxygen atoms in total. The van der Waals surface area contributed by atoms with Gasteiger partial charge >= 0.3 is 5.97 Å². The molecule has 53 heavy (non-hydrogen) atoms. The van der Waals surface area contributed by atoms with Crippen LogP contribution in [0.2, 0.25) is 0 Å². The number of hydrogen-bond acceptors (Lipinski definition) is 9. The zero-order chi connectivity index (χ0) is 36.4. The van der Waals surface area contributed by atoms with Gasteiger partial charge in [0.25, 0.3) is 0 Å². The number of carboxylic acids is 1. The lowest BCUT2D eigenvalue weighted by Crippen LogP contribution is -2.33. The Hall–Kier alpha value is -5.24. The molecule has 1 aliphatic heterocycles. The Balaban J connectivity index is 0.987. The third-order valence-electron chi connectivity index (χ3n) is 12.2. The molecule has 1 saturated carbocycles. The van der Waals surface area contributed by atoms with E-state index in [9.17, 15) is 20.3 Å². The van der Waals surface area contributed by atoms with Crippen molar-refractivity contribution in [3.63, 3.8) is 0 Å². The summed E-state index contributed by atoms with van der Waals surface area (Å²) in [5.74, 6) is 1.16. The molecule has 10 heteroatoms. The minimum atomic E-state index is -0.712. The highest BCUT2D eigenvalue weighted by Crippen LogP contribution is 2.51. The van der Waals surface area contributed by atoms with E-state index in [4.69, 9.17) is 23.9 Å². The molecular weight excluding hydrogens is 668 g/mol. The molecule has 270 valence electrons. The van der Waals surface area contributed by atoms with E-state index < -0.39 is 5.97 Å². The quantitative estimate of drug-likeness (QED) is 0.158. The second-order valence-corrected chi connectivity index (χ2v) is 15.2. The van der Waals surface area contributed by atoms with E-state index in [1.165, 1.54) is 5.56 Å². The first-order valence-corrected chi connectivity index (χ1v) is 18.7. The van der Waals surface area contributed by atoms with Crippen LogP contribution in [0.15, 0.2) is 59.0 Å². The van der Waals surface area contributed by atoms with Gasteiger partial charge in [-0.2, -0.15) is 10.2 Å². The number of ether oxygens (including phenoxy) is 2. The number of carbonyl (C=O) groups is 1. The number of pyridine rings is 1. The third-order valence-corrected chi connectivity index (χ3v) is 12.2. The zero-order valence-electron chi connectivity index (χ0n) is 30.0. The number of benzene rings is 3. The summed E-state index contributed by atoms with van der Waals surface area (Å²) in [6.07, 6.45) is 5.15. The lowest BCUT2D eigenvalue weighted by Gasteiger charge is -2.37. The number of likely N-dealkylation sites (tertiary alicyclic amines) is 1. The molecule has 4 aliphatic rings. The molecule has 0 amide bonds. The van der Waals surface area contributed by atoms with Crippen molar-refractivity contribution in [2.75, 3.05) is 20.2 Å². The van der Waals surface area contributed by atoms with Gasteiger partial charge < -0.3 is 24.1 Å². The van der Waals surface area contributed by atoms with Gasteiger partial charge in [-0.25, -0.2) is 4.98 Å². The fourth-order valence-corrected chi connectivity index (χ4v) is 9.40. The lowest BCUT2D eigenvalue weighted by atomic mass is 9.67. The van der Waals surface area contributed by atoms with Crippen molar-refractivity contribution in [3.8, 4) is 40.4 Å². The first-order valence-electron chi connectivity index (χ1n) is 18.7. The van der Waals surface area contributed by atoms with Gasteiger partial charge in [0.1, 0.15) is 23.3 Å². The Labute approximate surface area is 308 Å². The fraction of sp³-hybridized carbons (Fsp3) is 0.395. The van der Waals surface area contributed by atoms with Gasteiger partial charge in [-0.05, 0) is 121 Å². The minimum absolute atomic E-state index is 0.146. The molecule has 2 aromatic heterocycles. The molecule has 0 radical (unpaired) electrons. The molecule has 0 spiro atoms. The van der Waals surface area contributed by atoms with E-state index in [0.29, 0.717) is 66.2 Å². The van der Waals surface area contributed by atoms with Crippen LogP contribution in [0.4, 0.5) is 0 Å². The SMILES string of the molecule is COc1nc(O[C@H]2CCc3c(-c4cccc(-c5nc6cc7c(c(C#N)c6o5)CCC7C5CC(C(=O)O)C5)c4C)cccc32)ccc1CN1CC[C@@H](O)C1. The molecule has 5 aromatic rings. The number of β-amino-alcohol motifs (C(OH)–C–C–N with tert-alkyl or cyclic N) is 1. The number of aliphatic hydroxyl groups is 1. The molecule has 9 rings (SSSR count). The number of oxazole rings is 1. The molecule has 2 fully saturated rings. The van der Waals surface area contributed by atoms with Crippen LogP contribution in [-0.4, -0.2) is 57.4 Å². The average molecular weight is 711 g/mol. The van der Waals surface area contributed by atoms with E-state index in [1.54, 1.807) is 7.11 Å². The summed E-state index contributed by atoms with van der Waals surface area (Å²) >= 11 is 0. The maximum absolute atomic E-state index is 11.5. The van der Waals surface area contributed by atoms with Gasteiger partial charge in [-0.3, -0.25) is 9.69 Å². The number of hydrogen-bond donors (Lipinski definition) is 2. The second kappa shape index (κ2) is 13.3. The summed E-state index contributed by atoms with van der Waals surface area (Å²) in [5.41, 5.74) is 11.5. The van der Waals surface area contributed by atoms with Crippen LogP contribution in [0.1, 0.15) is 83.1 Å². The van der Waals surface area contributed by atoms with Crippen molar-refractivity contribution in [1.29, 1.82) is 5.26 Å². The molecular formula is C43H42N4O6. The van der Waals surface area contributed by atoms with E-state index in [0.717, 1.165) is 83.2 Å². The standard InChI is InChI=1S/C43H42N4O6/c1-23-28(31-7-4-8-34-32(31)12-13-38(34)52-39-14-9-24(41(46-39)51-2)21-47-16-15-27(48)22-47)5-3-6-29(23)42-45-37-19-35-30(25-17-26(18-25)43(49)50)10-11-33(35)36(20-44)40(37)53-42/h3-9,14,19,25-27,30,38,48H,10-13,15-18,21-22H2,1-2H3,(H,49,50)/t25?,26?,27-,30?,38+/m1/s1. The number of aromatic nitrogens is 2. The van der Waals surface area contributed by atoms with E-state index in [2.05, 4.69) is 48.2 Å². The van der Waals surface area contributed by atoms with Crippen molar-refractivity contribution in [2.24, 2.45) is 11.8 Å². The van der Waals surface area contributed by atoms with E-state index >= 15 is 0 Å². The normalized spacial score (nSPS) is 23.4. The van der Waals surface area contributed by atoms with Gasteiger partial charge in [-0.1, -0.05) is 30.3 Å². The van der Waals surface area contributed by atoms with Crippen molar-refractivity contribution >= 4 is 17.1 Å². The first-order chi connectivity index (χ1) is 25.8. The number of carboxylic acid groups (broad SMARTS) is 1. The van der Waals surface area contributed by atoms with Crippen LogP contribution in [0.3, 0.4) is 0 Å². The Kier molecular flexibility index (Phi) is 8.44. The second-order valence-electron chi connectivity index (χ2n) is 15.2. The fourth-order valence-electron chi connectivity index (χ4n) is 9.40. The summed E-state index contributed by atoms with van der Waals surface area (Å²) in [6.45, 7) is 4.28. The molecule has 2 N–H and O–H groups in total. The highest BCUT2D eigenvalue weighted by atomic mass is 16.5. The highest BCUT2D eigenvalue weighted by molar-refractivity contribution is 5.86. The summed E-state index contributed by atoms with van der Waals surface area (Å²) in [4.78, 5) is 23.4. The monoisotopic (exact) mass is 710 g/mol. The highest BCUT2D eigenvalue weighted by Gasteiger charge is 2.42. The molecule has 3 heterocycles. The Morgan fingerprint density at radius 2 is 1.79 bits per heavy atom. The van der Waals surface area contributed by atoms with E-state index in [1.807, 2.05) is 24.3 Å². The van der Waals surface area contributed by atoms with Gasteiger partial charge in [0.2, 0.25) is 17.7 Å². The van der Waals surface area contributed by atoms with Crippen molar-refractivity contribution in [1.82, 2.24) is 14.9 Å². The molecule has 1 saturated heterocycles. The number of rotatable bonds is 9. The van der Waals surface area contributed by atoms with Crippen LogP contribution >= 0.6 is 0 Å². The molecule has 3 aromatic carbocycles. The maximum atomic E-state index is 11.5. The number of nitrogens with zero attached hydrogens (tertiary/aromatic N) is 4. The minimum Gasteiger partial charge on any atom is -0.481 e. The summed E-state index contributed by atoms with van der Waals surface area (Å²) in [5, 5.41) is 29.7. The van der Waals surface area contributed by atoms with Gasteiger partial charge in [0, 0.05) is 36.8 Å². The number of methoxy groups -OCH3 is 1. The van der Waals surface area contributed by atoms with Crippen LogP contribution in [-0.2, 0) is 24.2 Å². The Bertz CT molecular complexity index is 2300. The van der Waals surface area contributed by atoms with Crippen LogP contribution in [0.25, 0.3) is 33.7 Å². The van der Waals surface area contributed by atoms with Gasteiger partial charge in [-0.15, -0.1) is 0 Å². The van der Waals surface area contributed by atoms with Crippen LogP contribution in [0, 0.1) is 30.1 Å². The zero-order valence-corrected chi connectivity index (χ0v) is 30.0. The third kappa shape index (κ3) is 5.83. The summed E-state index contributed by atoms with van der Waals surface area (Å²) < 4.78 is 18.6. The summed E-state index contributed by atoms with van der Waals surface area (Å²) in [7, 11) is 1.63. The van der Waals surface area contributed by atoms with Crippen LogP contribution < -0.4 is 9.47 Å². The van der Waals surface area contributed by atoms with Crippen molar-refractivity contribution in [3.05, 3.63) is 93.5 Å². The smallest absolute Gasteiger partial charge is 0.306 e. The van der Waals surface area contributed by atoms with Crippen molar-refractivity contribution < 1.29 is 28.9 Å². The molecule has 3 atom stereocenters. The Morgan fingerprint density at radius 1 is 1.00 bits per heavy atom. The van der Waals surface area contributed by atoms with Gasteiger partial charge in [0.05, 0.1) is 19.1 Å². The molecule has 0 bridgehead atoms.